The molecule has 0 amide bonds. The summed E-state index contributed by atoms with van der Waals surface area (Å²) in [6, 6.07) is 10.6. The molecule has 1 aromatic heterocycles. The first-order valence-electron chi connectivity index (χ1n) is 7.05. The van der Waals surface area contributed by atoms with Gasteiger partial charge in [0, 0.05) is 25.0 Å². The van der Waals surface area contributed by atoms with Gasteiger partial charge in [0.05, 0.1) is 6.54 Å². The lowest BCUT2D eigenvalue weighted by atomic mass is 10.3. The number of halogens is 2. The Labute approximate surface area is 158 Å². The van der Waals surface area contributed by atoms with Gasteiger partial charge in [-0.25, -0.2) is 9.78 Å². The van der Waals surface area contributed by atoms with Crippen molar-refractivity contribution in [2.24, 2.45) is 0 Å². The number of likely N-dealkylation sites (N-methyl/N-ethyl adjacent to an activating group) is 1. The fourth-order valence-corrected chi connectivity index (χ4v) is 1.88. The molecule has 138 valence electrons. The molecule has 0 atom stereocenters. The summed E-state index contributed by atoms with van der Waals surface area (Å²) in [7, 11) is 1.91. The molecular weight excluding hydrogens is 369 g/mol. The first-order chi connectivity index (χ1) is 11.1. The van der Waals surface area contributed by atoms with Crippen LogP contribution in [0.2, 0.25) is 0 Å². The molecule has 25 heavy (non-hydrogen) atoms. The second kappa shape index (κ2) is 11.2. The van der Waals surface area contributed by atoms with E-state index >= 15 is 0 Å². The molecule has 2 rings (SSSR count). The van der Waals surface area contributed by atoms with Crippen molar-refractivity contribution in [1.82, 2.24) is 4.98 Å². The molecule has 1 aromatic carbocycles. The highest BCUT2D eigenvalue weighted by Gasteiger charge is 2.09. The van der Waals surface area contributed by atoms with Crippen LogP contribution in [0, 0.1) is 0 Å². The number of hydrogen-bond donors (Lipinski definition) is 2. The zero-order valence-electron chi connectivity index (χ0n) is 13.6. The van der Waals surface area contributed by atoms with E-state index in [0.717, 1.165) is 5.82 Å². The molecule has 0 saturated heterocycles. The lowest BCUT2D eigenvalue weighted by Gasteiger charge is -2.19. The molecule has 0 aliphatic carbocycles. The maximum atomic E-state index is 10.6. The molecule has 0 aliphatic rings. The predicted molar refractivity (Wildman–Crippen MR) is 101 cm³/mol. The monoisotopic (exact) mass is 389 g/mol. The molecule has 3 N–H and O–H groups in total. The first-order valence-corrected chi connectivity index (χ1v) is 7.05. The van der Waals surface area contributed by atoms with E-state index in [0.29, 0.717) is 30.3 Å². The van der Waals surface area contributed by atoms with E-state index in [-0.39, 0.29) is 24.8 Å². The van der Waals surface area contributed by atoms with Crippen LogP contribution in [0.4, 0.5) is 11.5 Å². The number of aromatic nitrogens is 1. The molecule has 0 aliphatic heterocycles. The number of aliphatic carboxylic acids is 1. The predicted octanol–water partition coefficient (Wildman–Crippen LogP) is 2.49. The Morgan fingerprint density at radius 1 is 1.20 bits per heavy atom. The van der Waals surface area contributed by atoms with Crippen LogP contribution in [0.5, 0.6) is 11.5 Å². The van der Waals surface area contributed by atoms with Crippen molar-refractivity contribution in [3.05, 3.63) is 42.6 Å². The fraction of sp³-hybridized carbons (Fsp3) is 0.250. The number of ether oxygens (including phenoxy) is 2. The highest BCUT2D eigenvalue weighted by atomic mass is 35.5. The van der Waals surface area contributed by atoms with Gasteiger partial charge in [-0.1, -0.05) is 6.07 Å². The van der Waals surface area contributed by atoms with E-state index in [1.54, 1.807) is 24.4 Å². The number of nitrogen functional groups attached to an aromatic ring is 1. The Kier molecular flexibility index (Phi) is 10.2. The lowest BCUT2D eigenvalue weighted by molar-refractivity contribution is -0.139. The molecule has 9 heteroatoms. The quantitative estimate of drug-likeness (QED) is 0.669. The number of carboxylic acids is 1. The first kappa shape index (κ1) is 22.6. The van der Waals surface area contributed by atoms with Crippen molar-refractivity contribution < 1.29 is 19.4 Å². The van der Waals surface area contributed by atoms with E-state index in [2.05, 4.69) is 4.98 Å². The van der Waals surface area contributed by atoms with Crippen LogP contribution in [-0.2, 0) is 4.79 Å². The minimum Gasteiger partial charge on any atom is -0.488 e. The van der Waals surface area contributed by atoms with Crippen LogP contribution < -0.4 is 20.1 Å². The molecule has 0 saturated carbocycles. The average molecular weight is 390 g/mol. The van der Waals surface area contributed by atoms with E-state index in [1.165, 1.54) is 0 Å². The van der Waals surface area contributed by atoms with Crippen molar-refractivity contribution >= 4 is 42.3 Å². The zero-order chi connectivity index (χ0) is 16.7. The van der Waals surface area contributed by atoms with E-state index in [4.69, 9.17) is 20.3 Å². The van der Waals surface area contributed by atoms with Crippen molar-refractivity contribution in [2.75, 3.05) is 37.4 Å². The Hall–Kier alpha value is -2.38. The number of nitrogens with two attached hydrogens (primary N) is 1. The summed E-state index contributed by atoms with van der Waals surface area (Å²) in [6.07, 6.45) is 1.73. The Balaban J connectivity index is 0.00000288. The number of carboxylic acid groups (broad SMARTS) is 1. The van der Waals surface area contributed by atoms with Gasteiger partial charge in [0.15, 0.2) is 18.1 Å². The molecular formula is C16H21Cl2N3O4. The van der Waals surface area contributed by atoms with E-state index in [1.807, 2.05) is 30.1 Å². The third kappa shape index (κ3) is 7.36. The van der Waals surface area contributed by atoms with Crippen molar-refractivity contribution in [1.29, 1.82) is 0 Å². The number of hydrogen-bond acceptors (Lipinski definition) is 6. The largest absolute Gasteiger partial charge is 0.488 e. The Morgan fingerprint density at radius 3 is 2.60 bits per heavy atom. The van der Waals surface area contributed by atoms with Crippen LogP contribution in [0.3, 0.4) is 0 Å². The molecule has 0 bridgehead atoms. The van der Waals surface area contributed by atoms with Gasteiger partial charge >= 0.3 is 5.97 Å². The number of pyridine rings is 1. The third-order valence-corrected chi connectivity index (χ3v) is 3.04. The number of rotatable bonds is 8. The Morgan fingerprint density at radius 2 is 1.96 bits per heavy atom. The summed E-state index contributed by atoms with van der Waals surface area (Å²) in [5.74, 6) is 0.548. The topological polar surface area (TPSA) is 97.9 Å². The third-order valence-electron chi connectivity index (χ3n) is 3.04. The van der Waals surface area contributed by atoms with Crippen molar-refractivity contribution in [3.63, 3.8) is 0 Å². The Bertz CT molecular complexity index is 659. The molecule has 7 nitrogen and oxygen atoms in total. The zero-order valence-corrected chi connectivity index (χ0v) is 15.3. The highest BCUT2D eigenvalue weighted by Crippen LogP contribution is 2.29. The normalized spacial score (nSPS) is 9.32. The van der Waals surface area contributed by atoms with Crippen molar-refractivity contribution in [3.8, 4) is 11.5 Å². The average Bonchev–Trinajstić information content (AvgIpc) is 2.55. The summed E-state index contributed by atoms with van der Waals surface area (Å²) in [5, 5.41) is 8.70. The van der Waals surface area contributed by atoms with Gasteiger partial charge in [-0.2, -0.15) is 0 Å². The second-order valence-electron chi connectivity index (χ2n) is 4.85. The molecule has 0 spiro atoms. The van der Waals surface area contributed by atoms with Gasteiger partial charge < -0.3 is 25.2 Å². The summed E-state index contributed by atoms with van der Waals surface area (Å²) in [4.78, 5) is 16.8. The number of nitrogens with zero attached hydrogens (tertiary/aromatic N) is 2. The molecule has 0 unspecified atom stereocenters. The summed E-state index contributed by atoms with van der Waals surface area (Å²) in [6.45, 7) is 0.549. The van der Waals surface area contributed by atoms with Crippen LogP contribution in [0.25, 0.3) is 0 Å². The number of anilines is 2. The number of carbonyl (C=O) groups is 1. The van der Waals surface area contributed by atoms with Crippen molar-refractivity contribution in [2.45, 2.75) is 0 Å². The van der Waals surface area contributed by atoms with Gasteiger partial charge in [-0.15, -0.1) is 24.8 Å². The van der Waals surface area contributed by atoms with Gasteiger partial charge in [0.25, 0.3) is 0 Å². The fourth-order valence-electron chi connectivity index (χ4n) is 1.88. The highest BCUT2D eigenvalue weighted by molar-refractivity contribution is 5.85. The van der Waals surface area contributed by atoms with Crippen LogP contribution >= 0.6 is 24.8 Å². The summed E-state index contributed by atoms with van der Waals surface area (Å²) < 4.78 is 10.9. The van der Waals surface area contributed by atoms with Gasteiger partial charge in [0.2, 0.25) is 0 Å². The number of benzene rings is 1. The van der Waals surface area contributed by atoms with Gasteiger partial charge in [-0.3, -0.25) is 0 Å². The van der Waals surface area contributed by atoms with Crippen LogP contribution in [-0.4, -0.2) is 42.9 Å². The SMILES string of the molecule is CN(CCOc1ccc(N)cc1OCC(=O)O)c1ccccn1.Cl.Cl. The smallest absolute Gasteiger partial charge is 0.341 e. The second-order valence-corrected chi connectivity index (χ2v) is 4.85. The molecule has 0 fully saturated rings. The van der Waals surface area contributed by atoms with Gasteiger partial charge in [-0.05, 0) is 24.3 Å². The molecule has 1 heterocycles. The summed E-state index contributed by atoms with van der Waals surface area (Å²) in [5.41, 5.74) is 6.16. The minimum absolute atomic E-state index is 0. The maximum absolute atomic E-state index is 10.6. The minimum atomic E-state index is -1.06. The molecule has 0 radical (unpaired) electrons. The van der Waals surface area contributed by atoms with E-state index in [9.17, 15) is 4.79 Å². The standard InChI is InChI=1S/C16H19N3O4.2ClH/c1-19(15-4-2-3-7-18-15)8-9-22-13-6-5-12(17)10-14(13)23-11-16(20)21;;/h2-7,10H,8-9,11,17H2,1H3,(H,20,21);2*1H. The van der Waals surface area contributed by atoms with E-state index < -0.39 is 12.6 Å². The maximum Gasteiger partial charge on any atom is 0.341 e. The summed E-state index contributed by atoms with van der Waals surface area (Å²) >= 11 is 0. The van der Waals surface area contributed by atoms with Crippen LogP contribution in [0.1, 0.15) is 0 Å². The van der Waals surface area contributed by atoms with Crippen LogP contribution in [0.15, 0.2) is 42.6 Å². The van der Waals surface area contributed by atoms with Gasteiger partial charge in [0.1, 0.15) is 12.4 Å². The lowest BCUT2D eigenvalue weighted by Crippen LogP contribution is -2.24. The molecule has 2 aromatic rings.